The molecule has 0 aliphatic heterocycles. The van der Waals surface area contributed by atoms with Crippen LogP contribution in [0.5, 0.6) is 0 Å². The van der Waals surface area contributed by atoms with Crippen LogP contribution in [0.2, 0.25) is 0 Å². The molecule has 0 aromatic heterocycles. The maximum Gasteiger partial charge on any atom is 0.174 e. The summed E-state index contributed by atoms with van der Waals surface area (Å²) in [5.74, 6) is -1.13. The van der Waals surface area contributed by atoms with Crippen molar-refractivity contribution in [2.24, 2.45) is 0 Å². The Morgan fingerprint density at radius 3 is 2.07 bits per heavy atom. The fourth-order valence-electron chi connectivity index (χ4n) is 0.833. The van der Waals surface area contributed by atoms with Crippen molar-refractivity contribution in [3.05, 3.63) is 0 Å². The van der Waals surface area contributed by atoms with Gasteiger partial charge in [0.25, 0.3) is 0 Å². The SMILES string of the molecule is O=C([O-])CCCN[P+](CO)(CO)CO. The van der Waals surface area contributed by atoms with Crippen molar-refractivity contribution in [3.8, 4) is 0 Å². The van der Waals surface area contributed by atoms with Crippen molar-refractivity contribution >= 4 is 13.4 Å². The highest BCUT2D eigenvalue weighted by molar-refractivity contribution is 7.73. The van der Waals surface area contributed by atoms with Crippen LogP contribution in [-0.4, -0.2) is 46.9 Å². The van der Waals surface area contributed by atoms with Crippen molar-refractivity contribution in [1.29, 1.82) is 0 Å². The van der Waals surface area contributed by atoms with Crippen molar-refractivity contribution < 1.29 is 25.2 Å². The van der Waals surface area contributed by atoms with E-state index in [4.69, 9.17) is 15.3 Å². The van der Waals surface area contributed by atoms with E-state index in [0.29, 0.717) is 13.0 Å². The average Bonchev–Trinajstić information content (AvgIpc) is 2.19. The Labute approximate surface area is 83.0 Å². The largest absolute Gasteiger partial charge is 0.550 e. The average molecular weight is 225 g/mol. The predicted molar refractivity (Wildman–Crippen MR) is 50.4 cm³/mol. The number of rotatable bonds is 8. The highest BCUT2D eigenvalue weighted by Gasteiger charge is 2.35. The van der Waals surface area contributed by atoms with Crippen LogP contribution < -0.4 is 10.2 Å². The molecular weight excluding hydrogens is 209 g/mol. The number of carbonyl (C=O) groups is 1. The number of aliphatic hydroxyl groups is 3. The third-order valence-electron chi connectivity index (χ3n) is 1.82. The molecule has 0 amide bonds. The van der Waals surface area contributed by atoms with Crippen molar-refractivity contribution in [3.63, 3.8) is 0 Å². The maximum absolute atomic E-state index is 10.1. The van der Waals surface area contributed by atoms with Crippen molar-refractivity contribution in [2.45, 2.75) is 12.8 Å². The topological polar surface area (TPSA) is 113 Å². The predicted octanol–water partition coefficient (Wildman–Crippen LogP) is -2.11. The van der Waals surface area contributed by atoms with E-state index in [-0.39, 0.29) is 25.5 Å². The lowest BCUT2D eigenvalue weighted by atomic mass is 10.3. The third kappa shape index (κ3) is 4.83. The van der Waals surface area contributed by atoms with Gasteiger partial charge in [-0.1, -0.05) is 0 Å². The Morgan fingerprint density at radius 2 is 1.71 bits per heavy atom. The first-order valence-corrected chi connectivity index (χ1v) is 6.58. The number of hydrogen-bond acceptors (Lipinski definition) is 6. The van der Waals surface area contributed by atoms with Crippen LogP contribution in [0.15, 0.2) is 0 Å². The molecule has 84 valence electrons. The number of nitrogens with one attached hydrogen (secondary N) is 1. The number of hydrogen-bond donors (Lipinski definition) is 4. The van der Waals surface area contributed by atoms with Gasteiger partial charge in [0.15, 0.2) is 26.5 Å². The minimum Gasteiger partial charge on any atom is -0.550 e. The van der Waals surface area contributed by atoms with Crippen LogP contribution in [0.25, 0.3) is 0 Å². The molecule has 0 atom stereocenters. The van der Waals surface area contributed by atoms with Crippen LogP contribution >= 0.6 is 7.41 Å². The van der Waals surface area contributed by atoms with E-state index in [1.165, 1.54) is 0 Å². The van der Waals surface area contributed by atoms with Gasteiger partial charge in [0.05, 0.1) is 0 Å². The molecule has 0 bridgehead atoms. The third-order valence-corrected chi connectivity index (χ3v) is 4.34. The molecule has 0 saturated heterocycles. The van der Waals surface area contributed by atoms with Gasteiger partial charge in [0, 0.05) is 12.5 Å². The minimum absolute atomic E-state index is 0.0741. The van der Waals surface area contributed by atoms with Gasteiger partial charge in [-0.05, 0) is 12.8 Å². The van der Waals surface area contributed by atoms with Gasteiger partial charge in [-0.15, -0.1) is 0 Å². The van der Waals surface area contributed by atoms with Gasteiger partial charge >= 0.3 is 0 Å². The molecule has 0 saturated carbocycles. The van der Waals surface area contributed by atoms with Crippen molar-refractivity contribution in [2.75, 3.05) is 25.6 Å². The van der Waals surface area contributed by atoms with Gasteiger partial charge in [-0.25, -0.2) is 0 Å². The maximum atomic E-state index is 10.1. The van der Waals surface area contributed by atoms with Gasteiger partial charge in [0.2, 0.25) is 0 Å². The normalized spacial score (nSPS) is 11.6. The second-order valence-electron chi connectivity index (χ2n) is 2.95. The number of aliphatic carboxylic acids is 1. The van der Waals surface area contributed by atoms with Gasteiger partial charge in [0.1, 0.15) is 0 Å². The van der Waals surface area contributed by atoms with E-state index in [0.717, 1.165) is 0 Å². The number of carbonyl (C=O) groups excluding carboxylic acids is 1. The second-order valence-corrected chi connectivity index (χ2v) is 6.41. The Bertz CT molecular complexity index is 165. The van der Waals surface area contributed by atoms with Crippen molar-refractivity contribution in [1.82, 2.24) is 5.09 Å². The van der Waals surface area contributed by atoms with E-state index in [1.54, 1.807) is 0 Å². The van der Waals surface area contributed by atoms with E-state index in [1.807, 2.05) is 0 Å². The molecule has 0 spiro atoms. The quantitative estimate of drug-likeness (QED) is 0.278. The molecular formula is C7H16NO5P. The number of carboxylic acid groups (broad SMARTS) is 1. The molecule has 0 radical (unpaired) electrons. The Kier molecular flexibility index (Phi) is 6.96. The fourth-order valence-corrected chi connectivity index (χ4v) is 2.03. The fraction of sp³-hybridized carbons (Fsp3) is 0.857. The molecule has 0 fully saturated rings. The Morgan fingerprint density at radius 1 is 1.21 bits per heavy atom. The molecule has 6 nitrogen and oxygen atoms in total. The zero-order valence-electron chi connectivity index (χ0n) is 7.85. The molecule has 0 heterocycles. The summed E-state index contributed by atoms with van der Waals surface area (Å²) < 4.78 is 0. The highest BCUT2D eigenvalue weighted by atomic mass is 31.2. The second kappa shape index (κ2) is 7.09. The molecule has 7 heteroatoms. The highest BCUT2D eigenvalue weighted by Crippen LogP contribution is 2.51. The Balaban J connectivity index is 3.77. The molecule has 0 aromatic rings. The zero-order chi connectivity index (χ0) is 11.0. The minimum atomic E-state index is -2.30. The molecule has 0 aromatic carbocycles. The summed E-state index contributed by atoms with van der Waals surface area (Å²) in [6.07, 6.45) is -0.624. The van der Waals surface area contributed by atoms with E-state index >= 15 is 0 Å². The molecule has 0 unspecified atom stereocenters. The lowest BCUT2D eigenvalue weighted by Gasteiger charge is -2.20. The standard InChI is InChI=1S/C7H16NO5P/c9-4-14(5-10,6-11)8-3-1-2-7(12)13/h8-11H,1-6H2. The summed E-state index contributed by atoms with van der Waals surface area (Å²) in [6, 6.07) is 0. The van der Waals surface area contributed by atoms with Gasteiger partial charge in [-0.3, -0.25) is 0 Å². The molecule has 0 aliphatic carbocycles. The van der Waals surface area contributed by atoms with Gasteiger partial charge in [-0.2, -0.15) is 5.09 Å². The van der Waals surface area contributed by atoms with Crippen LogP contribution in [0, 0.1) is 0 Å². The zero-order valence-corrected chi connectivity index (χ0v) is 8.74. The summed E-state index contributed by atoms with van der Waals surface area (Å²) >= 11 is 0. The van der Waals surface area contributed by atoms with E-state index in [9.17, 15) is 9.90 Å². The van der Waals surface area contributed by atoms with Gasteiger partial charge < -0.3 is 25.2 Å². The van der Waals surface area contributed by atoms with Crippen LogP contribution in [0.3, 0.4) is 0 Å². The summed E-state index contributed by atoms with van der Waals surface area (Å²) in [5.41, 5.74) is 0. The van der Waals surface area contributed by atoms with Crippen LogP contribution in [0.1, 0.15) is 12.8 Å². The molecule has 0 aliphatic rings. The smallest absolute Gasteiger partial charge is 0.174 e. The molecule has 14 heavy (non-hydrogen) atoms. The summed E-state index contributed by atoms with van der Waals surface area (Å²) in [6.45, 7) is 0.337. The summed E-state index contributed by atoms with van der Waals surface area (Å²) in [7, 11) is -2.30. The lowest BCUT2D eigenvalue weighted by molar-refractivity contribution is -0.305. The lowest BCUT2D eigenvalue weighted by Crippen LogP contribution is -2.27. The first kappa shape index (κ1) is 13.7. The first-order valence-electron chi connectivity index (χ1n) is 4.24. The van der Waals surface area contributed by atoms with E-state index in [2.05, 4.69) is 5.09 Å². The van der Waals surface area contributed by atoms with E-state index < -0.39 is 13.4 Å². The summed E-state index contributed by atoms with van der Waals surface area (Å²) in [5, 5.41) is 39.6. The van der Waals surface area contributed by atoms with Crippen LogP contribution in [0.4, 0.5) is 0 Å². The molecule has 0 rings (SSSR count). The number of aliphatic hydroxyl groups excluding tert-OH is 3. The Hall–Kier alpha value is -0.260. The molecule has 4 N–H and O–H groups in total. The monoisotopic (exact) mass is 225 g/mol. The van der Waals surface area contributed by atoms with Crippen LogP contribution in [-0.2, 0) is 4.79 Å². The number of carboxylic acids is 1. The first-order chi connectivity index (χ1) is 6.60. The summed E-state index contributed by atoms with van der Waals surface area (Å²) in [4.78, 5) is 10.1.